The molecule has 1 amide bonds. The van der Waals surface area contributed by atoms with Gasteiger partial charge in [-0.15, -0.1) is 0 Å². The van der Waals surface area contributed by atoms with Gasteiger partial charge in [0, 0.05) is 43.7 Å². The van der Waals surface area contributed by atoms with Crippen molar-refractivity contribution in [1.29, 1.82) is 0 Å². The maximum Gasteiger partial charge on any atom is 0.410 e. The standard InChI is InChI=1S/C30H30F2N6O3/c1-17-12-37(15-25(41-17)21-13-38(14-21)30(39)40-16-20-7-5-4-6-8-20)29-35-26(23-10-9-22(31)11-24(23)32)27-28(36-29)34-19(3)18(2)33-27/h4-11,17,21,25H,12-16H2,1-3H3/t17-,25-/m1/s1. The molecule has 4 aromatic rings. The highest BCUT2D eigenvalue weighted by Gasteiger charge is 2.41. The predicted octanol–water partition coefficient (Wildman–Crippen LogP) is 4.84. The summed E-state index contributed by atoms with van der Waals surface area (Å²) in [7, 11) is 0. The summed E-state index contributed by atoms with van der Waals surface area (Å²) in [6.07, 6.45) is -0.657. The van der Waals surface area contributed by atoms with Crippen molar-refractivity contribution in [2.75, 3.05) is 31.1 Å². The van der Waals surface area contributed by atoms with Crippen LogP contribution in [0.3, 0.4) is 0 Å². The molecule has 11 heteroatoms. The predicted molar refractivity (Wildman–Crippen MR) is 148 cm³/mol. The molecule has 212 valence electrons. The number of hydrogen-bond acceptors (Lipinski definition) is 8. The van der Waals surface area contributed by atoms with Gasteiger partial charge in [-0.3, -0.25) is 0 Å². The fourth-order valence-corrected chi connectivity index (χ4v) is 5.23. The molecule has 0 N–H and O–H groups in total. The van der Waals surface area contributed by atoms with Gasteiger partial charge in [0.2, 0.25) is 5.95 Å². The van der Waals surface area contributed by atoms with Crippen molar-refractivity contribution >= 4 is 23.2 Å². The van der Waals surface area contributed by atoms with E-state index in [9.17, 15) is 13.6 Å². The molecule has 4 heterocycles. The van der Waals surface area contributed by atoms with Crippen LogP contribution < -0.4 is 4.90 Å². The average Bonchev–Trinajstić information content (AvgIpc) is 2.92. The van der Waals surface area contributed by atoms with Gasteiger partial charge in [0.25, 0.3) is 0 Å². The lowest BCUT2D eigenvalue weighted by atomic mass is 9.92. The minimum absolute atomic E-state index is 0.115. The number of amides is 1. The van der Waals surface area contributed by atoms with E-state index in [1.54, 1.807) is 4.90 Å². The fourth-order valence-electron chi connectivity index (χ4n) is 5.23. The number of hydrogen-bond donors (Lipinski definition) is 0. The lowest BCUT2D eigenvalue weighted by molar-refractivity contribution is -0.0840. The lowest BCUT2D eigenvalue weighted by Gasteiger charge is -2.47. The molecule has 0 bridgehead atoms. The summed E-state index contributed by atoms with van der Waals surface area (Å²) in [5, 5.41) is 0. The summed E-state index contributed by atoms with van der Waals surface area (Å²) in [4.78, 5) is 34.9. The molecule has 2 aliphatic heterocycles. The van der Waals surface area contributed by atoms with E-state index in [2.05, 4.69) is 9.97 Å². The Balaban J connectivity index is 1.22. The van der Waals surface area contributed by atoms with Crippen LogP contribution >= 0.6 is 0 Å². The van der Waals surface area contributed by atoms with Crippen molar-refractivity contribution < 1.29 is 23.0 Å². The van der Waals surface area contributed by atoms with Gasteiger partial charge < -0.3 is 19.3 Å². The van der Waals surface area contributed by atoms with E-state index in [4.69, 9.17) is 19.4 Å². The number of benzene rings is 2. The molecule has 0 aliphatic carbocycles. The second-order valence-electron chi connectivity index (χ2n) is 10.7. The Kier molecular flexibility index (Phi) is 7.21. The third kappa shape index (κ3) is 5.54. The first-order valence-electron chi connectivity index (χ1n) is 13.6. The zero-order valence-electron chi connectivity index (χ0n) is 23.1. The smallest absolute Gasteiger partial charge is 0.410 e. The molecule has 2 aromatic heterocycles. The molecular weight excluding hydrogens is 530 g/mol. The molecular formula is C30H30F2N6O3. The Bertz CT molecular complexity index is 1600. The number of morpholine rings is 1. The van der Waals surface area contributed by atoms with Crippen molar-refractivity contribution in [3.63, 3.8) is 0 Å². The van der Waals surface area contributed by atoms with Gasteiger partial charge in [-0.1, -0.05) is 30.3 Å². The van der Waals surface area contributed by atoms with Gasteiger partial charge in [0.15, 0.2) is 5.65 Å². The lowest BCUT2D eigenvalue weighted by Crippen LogP contribution is -2.60. The molecule has 2 aliphatic rings. The molecule has 0 radical (unpaired) electrons. The van der Waals surface area contributed by atoms with E-state index < -0.39 is 11.6 Å². The molecule has 2 atom stereocenters. The number of fused-ring (bicyclic) bond motifs is 1. The van der Waals surface area contributed by atoms with Crippen LogP contribution in [0.4, 0.5) is 19.5 Å². The Morgan fingerprint density at radius 3 is 2.49 bits per heavy atom. The number of likely N-dealkylation sites (tertiary alicyclic amines) is 1. The molecule has 2 fully saturated rings. The molecule has 2 saturated heterocycles. The maximum absolute atomic E-state index is 14.9. The third-order valence-corrected chi connectivity index (χ3v) is 7.58. The average molecular weight is 561 g/mol. The minimum Gasteiger partial charge on any atom is -0.445 e. The van der Waals surface area contributed by atoms with Crippen molar-refractivity contribution in [2.45, 2.75) is 39.6 Å². The number of aryl methyl sites for hydroxylation is 2. The van der Waals surface area contributed by atoms with Crippen LogP contribution in [0.25, 0.3) is 22.4 Å². The zero-order chi connectivity index (χ0) is 28.7. The van der Waals surface area contributed by atoms with Gasteiger partial charge in [-0.2, -0.15) is 4.98 Å². The zero-order valence-corrected chi connectivity index (χ0v) is 23.1. The van der Waals surface area contributed by atoms with Gasteiger partial charge >= 0.3 is 6.09 Å². The highest BCUT2D eigenvalue weighted by Crippen LogP contribution is 2.32. The van der Waals surface area contributed by atoms with Gasteiger partial charge in [-0.05, 0) is 38.5 Å². The van der Waals surface area contributed by atoms with Gasteiger partial charge in [0.1, 0.15) is 29.5 Å². The highest BCUT2D eigenvalue weighted by molar-refractivity contribution is 5.88. The Morgan fingerprint density at radius 2 is 1.73 bits per heavy atom. The van der Waals surface area contributed by atoms with Gasteiger partial charge in [-0.25, -0.2) is 28.5 Å². The second-order valence-corrected chi connectivity index (χ2v) is 10.7. The SMILES string of the molecule is Cc1nc2nc(N3C[C@@H](C)O[C@@H](C4CN(C(=O)OCc5ccccc5)C4)C3)nc(-c3ccc(F)cc3F)c2nc1C. The molecule has 2 aromatic carbocycles. The highest BCUT2D eigenvalue weighted by atomic mass is 19.1. The number of rotatable bonds is 5. The molecule has 0 spiro atoms. The summed E-state index contributed by atoms with van der Waals surface area (Å²) >= 11 is 0. The van der Waals surface area contributed by atoms with Crippen LogP contribution in [-0.4, -0.2) is 69.3 Å². The van der Waals surface area contributed by atoms with Gasteiger partial charge in [0.05, 0.1) is 23.6 Å². The quantitative estimate of drug-likeness (QED) is 0.342. The largest absolute Gasteiger partial charge is 0.445 e. The van der Waals surface area contributed by atoms with Crippen LogP contribution in [0.5, 0.6) is 0 Å². The first-order valence-corrected chi connectivity index (χ1v) is 13.6. The van der Waals surface area contributed by atoms with E-state index in [0.717, 1.165) is 11.6 Å². The first kappa shape index (κ1) is 26.9. The van der Waals surface area contributed by atoms with E-state index in [1.165, 1.54) is 12.1 Å². The first-order chi connectivity index (χ1) is 19.7. The summed E-state index contributed by atoms with van der Waals surface area (Å²) in [5.74, 6) is -0.930. The summed E-state index contributed by atoms with van der Waals surface area (Å²) in [5.41, 5.74) is 3.38. The van der Waals surface area contributed by atoms with Crippen LogP contribution in [0.15, 0.2) is 48.5 Å². The van der Waals surface area contributed by atoms with Crippen molar-refractivity contribution in [2.24, 2.45) is 5.92 Å². The topological polar surface area (TPSA) is 93.6 Å². The number of anilines is 1. The maximum atomic E-state index is 14.9. The number of ether oxygens (including phenoxy) is 2. The Morgan fingerprint density at radius 1 is 0.976 bits per heavy atom. The van der Waals surface area contributed by atoms with Crippen LogP contribution in [0.2, 0.25) is 0 Å². The molecule has 0 saturated carbocycles. The van der Waals surface area contributed by atoms with Crippen molar-refractivity contribution in [3.8, 4) is 11.3 Å². The van der Waals surface area contributed by atoms with E-state index >= 15 is 0 Å². The van der Waals surface area contributed by atoms with E-state index in [0.29, 0.717) is 54.7 Å². The minimum atomic E-state index is -0.738. The molecule has 9 nitrogen and oxygen atoms in total. The van der Waals surface area contributed by atoms with Crippen LogP contribution in [-0.2, 0) is 16.1 Å². The molecule has 6 rings (SSSR count). The van der Waals surface area contributed by atoms with E-state index in [1.807, 2.05) is 56.0 Å². The second kappa shape index (κ2) is 11.0. The summed E-state index contributed by atoms with van der Waals surface area (Å²) in [6, 6.07) is 12.9. The normalized spacial score (nSPS) is 19.3. The Hall–Kier alpha value is -4.25. The number of carbonyl (C=O) groups is 1. The van der Waals surface area contributed by atoms with Crippen molar-refractivity contribution in [3.05, 3.63) is 77.1 Å². The number of nitrogens with zero attached hydrogens (tertiary/aromatic N) is 6. The fraction of sp³-hybridized carbons (Fsp3) is 0.367. The number of aromatic nitrogens is 4. The van der Waals surface area contributed by atoms with Crippen LogP contribution in [0.1, 0.15) is 23.9 Å². The molecule has 0 unspecified atom stereocenters. The van der Waals surface area contributed by atoms with Crippen LogP contribution in [0, 0.1) is 31.4 Å². The number of carbonyl (C=O) groups excluding carboxylic acids is 1. The Labute approximate surface area is 236 Å². The molecule has 41 heavy (non-hydrogen) atoms. The van der Waals surface area contributed by atoms with E-state index in [-0.39, 0.29) is 42.1 Å². The third-order valence-electron chi connectivity index (χ3n) is 7.58. The van der Waals surface area contributed by atoms with Crippen molar-refractivity contribution in [1.82, 2.24) is 24.8 Å². The monoisotopic (exact) mass is 560 g/mol. The number of halogens is 2. The summed E-state index contributed by atoms with van der Waals surface area (Å²) in [6.45, 7) is 7.89. The summed E-state index contributed by atoms with van der Waals surface area (Å²) < 4.78 is 40.4.